The smallest absolute Gasteiger partial charge is 0.240 e. The quantitative estimate of drug-likeness (QED) is 0.931. The number of nitrogens with one attached hydrogen (secondary N) is 1. The van der Waals surface area contributed by atoms with Crippen molar-refractivity contribution < 1.29 is 9.21 Å². The second-order valence-corrected chi connectivity index (χ2v) is 5.73. The van der Waals surface area contributed by atoms with Crippen LogP contribution >= 0.6 is 15.9 Å². The van der Waals surface area contributed by atoms with Crippen molar-refractivity contribution in [3.63, 3.8) is 0 Å². The Morgan fingerprint density at radius 2 is 2.39 bits per heavy atom. The molecular formula is C13H19BrN2O2. The van der Waals surface area contributed by atoms with E-state index in [9.17, 15) is 4.79 Å². The molecule has 1 fully saturated rings. The largest absolute Gasteiger partial charge is 0.452 e. The van der Waals surface area contributed by atoms with Crippen molar-refractivity contribution in [3.8, 4) is 0 Å². The van der Waals surface area contributed by atoms with Crippen molar-refractivity contribution >= 4 is 21.8 Å². The lowest BCUT2D eigenvalue weighted by molar-refractivity contribution is -0.134. The topological polar surface area (TPSA) is 45.5 Å². The van der Waals surface area contributed by atoms with Gasteiger partial charge < -0.3 is 14.6 Å². The summed E-state index contributed by atoms with van der Waals surface area (Å²) < 4.78 is 6.12. The second kappa shape index (κ2) is 5.89. The molecule has 1 aliphatic rings. The molecule has 1 aromatic heterocycles. The van der Waals surface area contributed by atoms with Gasteiger partial charge in [0, 0.05) is 7.05 Å². The molecule has 0 radical (unpaired) electrons. The lowest BCUT2D eigenvalue weighted by Crippen LogP contribution is -2.51. The fraction of sp³-hybridized carbons (Fsp3) is 0.615. The summed E-state index contributed by atoms with van der Waals surface area (Å²) in [6, 6.07) is 3.67. The first-order chi connectivity index (χ1) is 8.58. The number of hydrogen-bond acceptors (Lipinski definition) is 3. The van der Waals surface area contributed by atoms with Crippen molar-refractivity contribution in [2.75, 3.05) is 13.6 Å². The summed E-state index contributed by atoms with van der Waals surface area (Å²) in [6.45, 7) is 3.57. The highest BCUT2D eigenvalue weighted by atomic mass is 79.9. The minimum atomic E-state index is -0.0536. The molecule has 1 saturated heterocycles. The highest BCUT2D eigenvalue weighted by Crippen LogP contribution is 2.19. The Morgan fingerprint density at radius 1 is 1.61 bits per heavy atom. The van der Waals surface area contributed by atoms with Gasteiger partial charge in [0.05, 0.1) is 12.6 Å². The fourth-order valence-corrected chi connectivity index (χ4v) is 2.71. The Hall–Kier alpha value is -0.810. The number of rotatable bonds is 3. The molecule has 18 heavy (non-hydrogen) atoms. The van der Waals surface area contributed by atoms with Crippen LogP contribution in [0.2, 0.25) is 0 Å². The van der Waals surface area contributed by atoms with E-state index >= 15 is 0 Å². The van der Waals surface area contributed by atoms with E-state index in [-0.39, 0.29) is 11.9 Å². The van der Waals surface area contributed by atoms with Crippen LogP contribution in [0.1, 0.15) is 25.5 Å². The molecule has 4 nitrogen and oxygen atoms in total. The van der Waals surface area contributed by atoms with Crippen LogP contribution in [-0.4, -0.2) is 30.4 Å². The Balaban J connectivity index is 1.95. The Morgan fingerprint density at radius 3 is 3.00 bits per heavy atom. The van der Waals surface area contributed by atoms with Crippen LogP contribution in [0.25, 0.3) is 0 Å². The molecule has 0 bridgehead atoms. The zero-order chi connectivity index (χ0) is 13.1. The van der Waals surface area contributed by atoms with Crippen LogP contribution in [-0.2, 0) is 11.3 Å². The maximum atomic E-state index is 12.3. The predicted octanol–water partition coefficient (Wildman–Crippen LogP) is 2.39. The first-order valence-electron chi connectivity index (χ1n) is 6.30. The van der Waals surface area contributed by atoms with Gasteiger partial charge in [-0.15, -0.1) is 0 Å². The van der Waals surface area contributed by atoms with Crippen LogP contribution in [0.15, 0.2) is 21.2 Å². The molecule has 0 aromatic carbocycles. The van der Waals surface area contributed by atoms with Crippen molar-refractivity contribution in [2.45, 2.75) is 32.4 Å². The highest BCUT2D eigenvalue weighted by molar-refractivity contribution is 9.10. The van der Waals surface area contributed by atoms with E-state index in [1.807, 2.05) is 19.2 Å². The van der Waals surface area contributed by atoms with Gasteiger partial charge in [-0.2, -0.15) is 0 Å². The molecule has 1 aromatic rings. The summed E-state index contributed by atoms with van der Waals surface area (Å²) in [7, 11) is 1.82. The van der Waals surface area contributed by atoms with E-state index in [1.54, 1.807) is 4.90 Å². The van der Waals surface area contributed by atoms with Crippen LogP contribution in [0, 0.1) is 5.92 Å². The SMILES string of the molecule is CC1CCCNC1C(=O)N(C)Cc1ccc(Br)o1. The van der Waals surface area contributed by atoms with Gasteiger partial charge in [0.2, 0.25) is 5.91 Å². The summed E-state index contributed by atoms with van der Waals surface area (Å²) in [5.41, 5.74) is 0. The number of carbonyl (C=O) groups excluding carboxylic acids is 1. The maximum absolute atomic E-state index is 12.3. The van der Waals surface area contributed by atoms with Gasteiger partial charge in [-0.05, 0) is 53.4 Å². The molecule has 1 aliphatic heterocycles. The van der Waals surface area contributed by atoms with Gasteiger partial charge in [0.15, 0.2) is 4.67 Å². The molecule has 0 aliphatic carbocycles. The molecule has 2 unspecified atom stereocenters. The fourth-order valence-electron chi connectivity index (χ4n) is 2.37. The van der Waals surface area contributed by atoms with Crippen LogP contribution < -0.4 is 5.32 Å². The first-order valence-corrected chi connectivity index (χ1v) is 7.10. The van der Waals surface area contributed by atoms with Gasteiger partial charge in [0.25, 0.3) is 0 Å². The summed E-state index contributed by atoms with van der Waals surface area (Å²) in [6.07, 6.45) is 2.27. The number of carbonyl (C=O) groups is 1. The van der Waals surface area contributed by atoms with Crippen molar-refractivity contribution in [2.24, 2.45) is 5.92 Å². The van der Waals surface area contributed by atoms with Gasteiger partial charge >= 0.3 is 0 Å². The van der Waals surface area contributed by atoms with Crippen LogP contribution in [0.3, 0.4) is 0 Å². The standard InChI is InChI=1S/C13H19BrN2O2/c1-9-4-3-7-15-12(9)13(17)16(2)8-10-5-6-11(14)18-10/h5-6,9,12,15H,3-4,7-8H2,1-2H3. The van der Waals surface area contributed by atoms with Crippen LogP contribution in [0.4, 0.5) is 0 Å². The predicted molar refractivity (Wildman–Crippen MR) is 73.1 cm³/mol. The maximum Gasteiger partial charge on any atom is 0.240 e. The minimum Gasteiger partial charge on any atom is -0.452 e. The molecule has 2 atom stereocenters. The Kier molecular flexibility index (Phi) is 4.45. The minimum absolute atomic E-state index is 0.0536. The number of piperidine rings is 1. The van der Waals surface area contributed by atoms with E-state index in [0.29, 0.717) is 17.1 Å². The number of furan rings is 1. The van der Waals surface area contributed by atoms with Crippen molar-refractivity contribution in [3.05, 3.63) is 22.6 Å². The van der Waals surface area contributed by atoms with Crippen molar-refractivity contribution in [1.82, 2.24) is 10.2 Å². The molecule has 1 N–H and O–H groups in total. The first kappa shape index (κ1) is 13.6. The molecule has 2 rings (SSSR count). The summed E-state index contributed by atoms with van der Waals surface area (Å²) >= 11 is 3.26. The van der Waals surface area contributed by atoms with E-state index in [0.717, 1.165) is 25.1 Å². The average Bonchev–Trinajstić information content (AvgIpc) is 2.74. The Labute approximate surface area is 116 Å². The summed E-state index contributed by atoms with van der Waals surface area (Å²) in [4.78, 5) is 14.1. The molecule has 0 saturated carbocycles. The monoisotopic (exact) mass is 314 g/mol. The number of likely N-dealkylation sites (N-methyl/N-ethyl adjacent to an activating group) is 1. The van der Waals surface area contributed by atoms with Gasteiger partial charge in [-0.25, -0.2) is 0 Å². The average molecular weight is 315 g/mol. The number of nitrogens with zero attached hydrogens (tertiary/aromatic N) is 1. The lowest BCUT2D eigenvalue weighted by Gasteiger charge is -2.31. The number of amides is 1. The van der Waals surface area contributed by atoms with Gasteiger partial charge in [-0.3, -0.25) is 4.79 Å². The molecule has 1 amide bonds. The van der Waals surface area contributed by atoms with E-state index < -0.39 is 0 Å². The molecule has 0 spiro atoms. The molecular weight excluding hydrogens is 296 g/mol. The van der Waals surface area contributed by atoms with Crippen molar-refractivity contribution in [1.29, 1.82) is 0 Å². The third-order valence-electron chi connectivity index (χ3n) is 3.43. The summed E-state index contributed by atoms with van der Waals surface area (Å²) in [5, 5.41) is 3.31. The normalized spacial score (nSPS) is 23.9. The highest BCUT2D eigenvalue weighted by Gasteiger charge is 2.29. The number of hydrogen-bond donors (Lipinski definition) is 1. The molecule has 100 valence electrons. The van der Waals surface area contributed by atoms with Crippen LogP contribution in [0.5, 0.6) is 0 Å². The third-order valence-corrected chi connectivity index (χ3v) is 3.86. The zero-order valence-electron chi connectivity index (χ0n) is 10.8. The lowest BCUT2D eigenvalue weighted by atomic mass is 9.92. The molecule has 5 heteroatoms. The van der Waals surface area contributed by atoms with E-state index in [4.69, 9.17) is 4.42 Å². The second-order valence-electron chi connectivity index (χ2n) is 4.95. The zero-order valence-corrected chi connectivity index (χ0v) is 12.4. The third kappa shape index (κ3) is 3.14. The Bertz CT molecular complexity index is 419. The van der Waals surface area contributed by atoms with Gasteiger partial charge in [0.1, 0.15) is 5.76 Å². The number of halogens is 1. The summed E-state index contributed by atoms with van der Waals surface area (Å²) in [5.74, 6) is 1.34. The van der Waals surface area contributed by atoms with E-state index in [1.165, 1.54) is 0 Å². The van der Waals surface area contributed by atoms with E-state index in [2.05, 4.69) is 28.2 Å². The molecule has 2 heterocycles. The van der Waals surface area contributed by atoms with Gasteiger partial charge in [-0.1, -0.05) is 6.92 Å².